The molecule has 2 aromatic carbocycles. The van der Waals surface area contributed by atoms with Crippen molar-refractivity contribution in [3.63, 3.8) is 0 Å². The van der Waals surface area contributed by atoms with Crippen molar-refractivity contribution >= 4 is 11.6 Å². The first-order chi connectivity index (χ1) is 10.2. The van der Waals surface area contributed by atoms with Crippen LogP contribution in [0.4, 0.5) is 0 Å². The molecule has 0 aromatic heterocycles. The van der Waals surface area contributed by atoms with E-state index < -0.39 is 0 Å². The van der Waals surface area contributed by atoms with Gasteiger partial charge in [0.2, 0.25) is 0 Å². The monoisotopic (exact) mass is 301 g/mol. The topological polar surface area (TPSA) is 21.3 Å². The van der Waals surface area contributed by atoms with Crippen molar-refractivity contribution in [2.45, 2.75) is 31.9 Å². The molecule has 2 atom stereocenters. The van der Waals surface area contributed by atoms with Crippen molar-refractivity contribution in [3.8, 4) is 5.75 Å². The lowest BCUT2D eigenvalue weighted by Gasteiger charge is -2.33. The molecule has 2 nitrogen and oxygen atoms in total. The summed E-state index contributed by atoms with van der Waals surface area (Å²) in [6.45, 7) is 2.00. The molecule has 3 rings (SSSR count). The van der Waals surface area contributed by atoms with Crippen molar-refractivity contribution in [2.24, 2.45) is 0 Å². The zero-order valence-electron chi connectivity index (χ0n) is 12.4. The fraction of sp³-hybridized carbons (Fsp3) is 0.333. The highest BCUT2D eigenvalue weighted by Crippen LogP contribution is 2.33. The fourth-order valence-corrected chi connectivity index (χ4v) is 3.18. The van der Waals surface area contributed by atoms with Crippen LogP contribution in [0, 0.1) is 6.92 Å². The number of hydrogen-bond acceptors (Lipinski definition) is 2. The van der Waals surface area contributed by atoms with Crippen LogP contribution in [-0.4, -0.2) is 13.2 Å². The van der Waals surface area contributed by atoms with Crippen LogP contribution < -0.4 is 10.1 Å². The molecule has 0 saturated heterocycles. The lowest BCUT2D eigenvalue weighted by molar-refractivity contribution is 0.139. The SMILES string of the molecule is CNC1c2ccccc2CCC1Oc1ccc(Cl)c(C)c1. The van der Waals surface area contributed by atoms with Gasteiger partial charge in [-0.05, 0) is 61.7 Å². The quantitative estimate of drug-likeness (QED) is 0.912. The van der Waals surface area contributed by atoms with Gasteiger partial charge in [0, 0.05) is 5.02 Å². The molecule has 1 aliphatic rings. The third kappa shape index (κ3) is 2.92. The molecule has 0 saturated carbocycles. The number of likely N-dealkylation sites (N-methyl/N-ethyl adjacent to an activating group) is 1. The number of rotatable bonds is 3. The highest BCUT2D eigenvalue weighted by Gasteiger charge is 2.29. The third-order valence-electron chi connectivity index (χ3n) is 4.19. The molecule has 0 heterocycles. The standard InChI is InChI=1S/C18H20ClNO/c1-12-11-14(8-9-16(12)19)21-17-10-7-13-5-3-4-6-15(13)18(17)20-2/h3-6,8-9,11,17-18,20H,7,10H2,1-2H3. The van der Waals surface area contributed by atoms with Gasteiger partial charge in [-0.15, -0.1) is 0 Å². The minimum Gasteiger partial charge on any atom is -0.488 e. The van der Waals surface area contributed by atoms with Gasteiger partial charge in [-0.3, -0.25) is 0 Å². The summed E-state index contributed by atoms with van der Waals surface area (Å²) in [5, 5.41) is 4.18. The van der Waals surface area contributed by atoms with Gasteiger partial charge in [-0.1, -0.05) is 35.9 Å². The van der Waals surface area contributed by atoms with Crippen LogP contribution in [0.2, 0.25) is 5.02 Å². The molecule has 0 fully saturated rings. The Hall–Kier alpha value is -1.51. The Bertz CT molecular complexity index is 641. The average molecular weight is 302 g/mol. The Kier molecular flexibility index (Phi) is 4.18. The largest absolute Gasteiger partial charge is 0.488 e. The molecule has 1 N–H and O–H groups in total. The van der Waals surface area contributed by atoms with Crippen molar-refractivity contribution in [1.82, 2.24) is 5.32 Å². The molecule has 1 aliphatic carbocycles. The summed E-state index contributed by atoms with van der Waals surface area (Å²) < 4.78 is 6.23. The zero-order chi connectivity index (χ0) is 14.8. The second kappa shape index (κ2) is 6.08. The van der Waals surface area contributed by atoms with Crippen LogP contribution in [-0.2, 0) is 6.42 Å². The molecule has 0 bridgehead atoms. The molecule has 0 aliphatic heterocycles. The predicted molar refractivity (Wildman–Crippen MR) is 87.2 cm³/mol. The van der Waals surface area contributed by atoms with E-state index in [9.17, 15) is 0 Å². The second-order valence-electron chi connectivity index (χ2n) is 5.57. The van der Waals surface area contributed by atoms with Crippen molar-refractivity contribution in [3.05, 3.63) is 64.2 Å². The van der Waals surface area contributed by atoms with Crippen LogP contribution >= 0.6 is 11.6 Å². The normalized spacial score (nSPS) is 20.9. The van der Waals surface area contributed by atoms with Crippen LogP contribution in [0.1, 0.15) is 29.2 Å². The van der Waals surface area contributed by atoms with E-state index in [-0.39, 0.29) is 12.1 Å². The fourth-order valence-electron chi connectivity index (χ4n) is 3.06. The first-order valence-electron chi connectivity index (χ1n) is 7.37. The molecule has 2 aromatic rings. The third-order valence-corrected chi connectivity index (χ3v) is 4.61. The van der Waals surface area contributed by atoms with Crippen LogP contribution in [0.3, 0.4) is 0 Å². The maximum absolute atomic E-state index is 6.23. The van der Waals surface area contributed by atoms with E-state index in [1.54, 1.807) is 0 Å². The summed E-state index contributed by atoms with van der Waals surface area (Å²) in [7, 11) is 2.00. The molecule has 3 heteroatoms. The summed E-state index contributed by atoms with van der Waals surface area (Å²) in [5.74, 6) is 0.890. The Labute approximate surface area is 131 Å². The van der Waals surface area contributed by atoms with E-state index in [0.29, 0.717) is 0 Å². The van der Waals surface area contributed by atoms with Crippen LogP contribution in [0.5, 0.6) is 5.75 Å². The molecular weight excluding hydrogens is 282 g/mol. The van der Waals surface area contributed by atoms with Gasteiger partial charge in [0.25, 0.3) is 0 Å². The zero-order valence-corrected chi connectivity index (χ0v) is 13.2. The van der Waals surface area contributed by atoms with E-state index in [2.05, 4.69) is 29.6 Å². The van der Waals surface area contributed by atoms with Gasteiger partial charge in [0.15, 0.2) is 0 Å². The van der Waals surface area contributed by atoms with Gasteiger partial charge in [0.1, 0.15) is 11.9 Å². The van der Waals surface area contributed by atoms with E-state index in [0.717, 1.165) is 29.2 Å². The van der Waals surface area contributed by atoms with Gasteiger partial charge >= 0.3 is 0 Å². The van der Waals surface area contributed by atoms with Gasteiger partial charge in [0.05, 0.1) is 6.04 Å². The van der Waals surface area contributed by atoms with Crippen LogP contribution in [0.25, 0.3) is 0 Å². The van der Waals surface area contributed by atoms with E-state index in [1.165, 1.54) is 11.1 Å². The summed E-state index contributed by atoms with van der Waals surface area (Å²) >= 11 is 6.08. The number of fused-ring (bicyclic) bond motifs is 1. The summed E-state index contributed by atoms with van der Waals surface area (Å²) in [5.41, 5.74) is 3.82. The lowest BCUT2D eigenvalue weighted by atomic mass is 9.85. The number of hydrogen-bond donors (Lipinski definition) is 1. The number of nitrogens with one attached hydrogen (secondary N) is 1. The van der Waals surface area contributed by atoms with E-state index in [4.69, 9.17) is 16.3 Å². The average Bonchev–Trinajstić information content (AvgIpc) is 2.51. The summed E-state index contributed by atoms with van der Waals surface area (Å²) in [4.78, 5) is 0. The van der Waals surface area contributed by atoms with E-state index >= 15 is 0 Å². The second-order valence-corrected chi connectivity index (χ2v) is 5.98. The van der Waals surface area contributed by atoms with E-state index in [1.807, 2.05) is 32.2 Å². The first-order valence-corrected chi connectivity index (χ1v) is 7.74. The highest BCUT2D eigenvalue weighted by atomic mass is 35.5. The molecular formula is C18H20ClNO. The Morgan fingerprint density at radius 2 is 2.00 bits per heavy atom. The summed E-state index contributed by atoms with van der Waals surface area (Å²) in [6, 6.07) is 14.7. The Morgan fingerprint density at radius 1 is 1.19 bits per heavy atom. The number of benzene rings is 2. The molecule has 0 amide bonds. The number of halogens is 1. The van der Waals surface area contributed by atoms with Crippen molar-refractivity contribution in [2.75, 3.05) is 7.05 Å². The predicted octanol–water partition coefficient (Wildman–Crippen LogP) is 4.30. The molecule has 2 unspecified atom stereocenters. The van der Waals surface area contributed by atoms with Crippen molar-refractivity contribution < 1.29 is 4.74 Å². The van der Waals surface area contributed by atoms with Gasteiger partial charge in [-0.25, -0.2) is 0 Å². The Balaban J connectivity index is 1.84. The molecule has 110 valence electrons. The molecule has 0 spiro atoms. The molecule has 0 radical (unpaired) electrons. The number of ether oxygens (including phenoxy) is 1. The minimum atomic E-state index is 0.144. The maximum atomic E-state index is 6.23. The smallest absolute Gasteiger partial charge is 0.120 e. The van der Waals surface area contributed by atoms with Crippen LogP contribution in [0.15, 0.2) is 42.5 Å². The maximum Gasteiger partial charge on any atom is 0.120 e. The Morgan fingerprint density at radius 3 is 2.76 bits per heavy atom. The molecule has 21 heavy (non-hydrogen) atoms. The first kappa shape index (κ1) is 14.4. The van der Waals surface area contributed by atoms with Gasteiger partial charge < -0.3 is 10.1 Å². The lowest BCUT2D eigenvalue weighted by Crippen LogP contribution is -2.37. The van der Waals surface area contributed by atoms with Gasteiger partial charge in [-0.2, -0.15) is 0 Å². The minimum absolute atomic E-state index is 0.144. The number of aryl methyl sites for hydroxylation is 2. The van der Waals surface area contributed by atoms with Crippen molar-refractivity contribution in [1.29, 1.82) is 0 Å². The summed E-state index contributed by atoms with van der Waals surface area (Å²) in [6.07, 6.45) is 2.22. The highest BCUT2D eigenvalue weighted by molar-refractivity contribution is 6.31.